The summed E-state index contributed by atoms with van der Waals surface area (Å²) in [7, 11) is 1.38. The predicted molar refractivity (Wildman–Crippen MR) is 91.7 cm³/mol. The highest BCUT2D eigenvalue weighted by Crippen LogP contribution is 2.38. The number of hydrogen-bond acceptors (Lipinski definition) is 2. The molecule has 0 aliphatic heterocycles. The molecule has 2 aromatic carbocycles. The molecular formula is C19H20F2N2O2. The highest BCUT2D eigenvalue weighted by Gasteiger charge is 2.37. The second kappa shape index (κ2) is 7.09. The Labute approximate surface area is 145 Å². The van der Waals surface area contributed by atoms with Gasteiger partial charge in [-0.1, -0.05) is 25.0 Å². The van der Waals surface area contributed by atoms with Crippen LogP contribution in [-0.4, -0.2) is 13.1 Å². The largest absolute Gasteiger partial charge is 0.494 e. The van der Waals surface area contributed by atoms with Gasteiger partial charge in [0.05, 0.1) is 12.6 Å². The van der Waals surface area contributed by atoms with Crippen LogP contribution in [0.15, 0.2) is 42.5 Å². The zero-order chi connectivity index (χ0) is 17.9. The first-order valence-corrected chi connectivity index (χ1v) is 8.21. The van der Waals surface area contributed by atoms with Crippen LogP contribution >= 0.6 is 0 Å². The topological polar surface area (TPSA) is 50.4 Å². The third-order valence-electron chi connectivity index (χ3n) is 4.62. The summed E-state index contributed by atoms with van der Waals surface area (Å²) < 4.78 is 31.8. The molecular weight excluding hydrogens is 326 g/mol. The molecule has 6 heteroatoms. The Hall–Kier alpha value is -2.63. The van der Waals surface area contributed by atoms with Crippen molar-refractivity contribution in [1.29, 1.82) is 0 Å². The van der Waals surface area contributed by atoms with Crippen LogP contribution in [-0.2, 0) is 5.54 Å². The summed E-state index contributed by atoms with van der Waals surface area (Å²) in [6.07, 6.45) is 3.52. The number of hydrogen-bond donors (Lipinski definition) is 2. The fourth-order valence-electron chi connectivity index (χ4n) is 3.36. The molecule has 2 amide bonds. The van der Waals surface area contributed by atoms with E-state index in [9.17, 15) is 13.6 Å². The van der Waals surface area contributed by atoms with Gasteiger partial charge in [0, 0.05) is 11.8 Å². The zero-order valence-corrected chi connectivity index (χ0v) is 13.9. The number of carbonyl (C=O) groups is 1. The minimum atomic E-state index is -0.547. The number of ether oxygens (including phenoxy) is 1. The third kappa shape index (κ3) is 3.73. The number of nitrogens with one attached hydrogen (secondary N) is 2. The summed E-state index contributed by atoms with van der Waals surface area (Å²) in [5, 5.41) is 5.65. The zero-order valence-electron chi connectivity index (χ0n) is 13.9. The molecule has 0 spiro atoms. The summed E-state index contributed by atoms with van der Waals surface area (Å²) >= 11 is 0. The summed E-state index contributed by atoms with van der Waals surface area (Å²) in [5.41, 5.74) is 0.688. The molecule has 2 N–H and O–H groups in total. The van der Waals surface area contributed by atoms with Crippen LogP contribution in [0.2, 0.25) is 0 Å². The maximum absolute atomic E-state index is 13.8. The van der Waals surface area contributed by atoms with Crippen LogP contribution < -0.4 is 15.4 Å². The van der Waals surface area contributed by atoms with Gasteiger partial charge in [-0.3, -0.25) is 0 Å². The molecule has 2 aromatic rings. The lowest BCUT2D eigenvalue weighted by Crippen LogP contribution is -2.45. The highest BCUT2D eigenvalue weighted by atomic mass is 19.1. The second-order valence-electron chi connectivity index (χ2n) is 6.22. The minimum Gasteiger partial charge on any atom is -0.494 e. The maximum Gasteiger partial charge on any atom is 0.319 e. The van der Waals surface area contributed by atoms with Crippen LogP contribution in [0.5, 0.6) is 5.75 Å². The Kier molecular flexibility index (Phi) is 4.88. The summed E-state index contributed by atoms with van der Waals surface area (Å²) in [6.45, 7) is 0. The van der Waals surface area contributed by atoms with Crippen molar-refractivity contribution in [3.05, 3.63) is 59.7 Å². The lowest BCUT2D eigenvalue weighted by atomic mass is 9.88. The van der Waals surface area contributed by atoms with E-state index < -0.39 is 17.4 Å². The van der Waals surface area contributed by atoms with Crippen LogP contribution in [0.25, 0.3) is 0 Å². The SMILES string of the molecule is COc1ccc(NC(=O)NC2(c3ccc(F)cc3)CCCC2)cc1F. The predicted octanol–water partition coefficient (Wildman–Crippen LogP) is 4.56. The number of anilines is 1. The Morgan fingerprint density at radius 3 is 2.36 bits per heavy atom. The molecule has 0 heterocycles. The Morgan fingerprint density at radius 1 is 1.08 bits per heavy atom. The molecule has 0 radical (unpaired) electrons. The fourth-order valence-corrected chi connectivity index (χ4v) is 3.36. The van der Waals surface area contributed by atoms with E-state index in [1.54, 1.807) is 18.2 Å². The molecule has 1 saturated carbocycles. The van der Waals surface area contributed by atoms with Crippen molar-refractivity contribution < 1.29 is 18.3 Å². The van der Waals surface area contributed by atoms with Crippen LogP contribution in [0, 0.1) is 11.6 Å². The lowest BCUT2D eigenvalue weighted by molar-refractivity contribution is 0.236. The average molecular weight is 346 g/mol. The molecule has 0 atom stereocenters. The van der Waals surface area contributed by atoms with Crippen molar-refractivity contribution in [1.82, 2.24) is 5.32 Å². The molecule has 3 rings (SSSR count). The third-order valence-corrected chi connectivity index (χ3v) is 4.62. The van der Waals surface area contributed by atoms with E-state index in [1.165, 1.54) is 31.4 Å². The van der Waals surface area contributed by atoms with Crippen molar-refractivity contribution in [2.75, 3.05) is 12.4 Å². The molecule has 0 aromatic heterocycles. The first-order valence-electron chi connectivity index (χ1n) is 8.21. The maximum atomic E-state index is 13.8. The van der Waals surface area contributed by atoms with E-state index in [1.807, 2.05) is 0 Å². The number of urea groups is 1. The van der Waals surface area contributed by atoms with Crippen molar-refractivity contribution in [3.63, 3.8) is 0 Å². The Morgan fingerprint density at radius 2 is 1.76 bits per heavy atom. The van der Waals surface area contributed by atoms with Gasteiger partial charge < -0.3 is 15.4 Å². The van der Waals surface area contributed by atoms with Crippen LogP contribution in [0.4, 0.5) is 19.3 Å². The van der Waals surface area contributed by atoms with Crippen molar-refractivity contribution in [2.24, 2.45) is 0 Å². The number of halogens is 2. The van der Waals surface area contributed by atoms with Crippen molar-refractivity contribution in [2.45, 2.75) is 31.2 Å². The fraction of sp³-hybridized carbons (Fsp3) is 0.316. The molecule has 0 unspecified atom stereocenters. The lowest BCUT2D eigenvalue weighted by Gasteiger charge is -2.31. The van der Waals surface area contributed by atoms with Gasteiger partial charge in [-0.2, -0.15) is 0 Å². The van der Waals surface area contributed by atoms with Crippen LogP contribution in [0.1, 0.15) is 31.2 Å². The molecule has 1 aliphatic rings. The van der Waals surface area contributed by atoms with Crippen molar-refractivity contribution in [3.8, 4) is 5.75 Å². The normalized spacial score (nSPS) is 15.6. The number of methoxy groups -OCH3 is 1. The number of rotatable bonds is 4. The first-order chi connectivity index (χ1) is 12.0. The average Bonchev–Trinajstić information content (AvgIpc) is 3.05. The van der Waals surface area contributed by atoms with Gasteiger partial charge in [0.25, 0.3) is 0 Å². The van der Waals surface area contributed by atoms with E-state index in [-0.39, 0.29) is 11.6 Å². The quantitative estimate of drug-likeness (QED) is 0.852. The molecule has 0 bridgehead atoms. The summed E-state index contributed by atoms with van der Waals surface area (Å²) in [4.78, 5) is 12.4. The molecule has 0 saturated heterocycles. The van der Waals surface area contributed by atoms with E-state index >= 15 is 0 Å². The van der Waals surface area contributed by atoms with E-state index in [2.05, 4.69) is 10.6 Å². The van der Waals surface area contributed by atoms with Gasteiger partial charge in [0.1, 0.15) is 5.82 Å². The van der Waals surface area contributed by atoms with Gasteiger partial charge in [0.15, 0.2) is 11.6 Å². The van der Waals surface area contributed by atoms with Gasteiger partial charge in [-0.25, -0.2) is 13.6 Å². The number of amides is 2. The number of benzene rings is 2. The van der Waals surface area contributed by atoms with E-state index in [0.29, 0.717) is 5.69 Å². The molecule has 132 valence electrons. The Bertz CT molecular complexity index is 757. The van der Waals surface area contributed by atoms with E-state index in [4.69, 9.17) is 4.74 Å². The Balaban J connectivity index is 1.75. The summed E-state index contributed by atoms with van der Waals surface area (Å²) in [5.74, 6) is -0.742. The minimum absolute atomic E-state index is 0.115. The molecule has 1 aliphatic carbocycles. The molecule has 25 heavy (non-hydrogen) atoms. The summed E-state index contributed by atoms with van der Waals surface area (Å²) in [6, 6.07) is 10.0. The highest BCUT2D eigenvalue weighted by molar-refractivity contribution is 5.90. The monoisotopic (exact) mass is 346 g/mol. The molecule has 1 fully saturated rings. The second-order valence-corrected chi connectivity index (χ2v) is 6.22. The first kappa shape index (κ1) is 17.2. The van der Waals surface area contributed by atoms with Crippen molar-refractivity contribution >= 4 is 11.7 Å². The standard InChI is InChI=1S/C19H20F2N2O2/c1-25-17-9-8-15(12-16(17)21)22-18(24)23-19(10-2-3-11-19)13-4-6-14(20)7-5-13/h4-9,12H,2-3,10-11H2,1H3,(H2,22,23,24). The van der Waals surface area contributed by atoms with Gasteiger partial charge in [-0.05, 0) is 42.7 Å². The van der Waals surface area contributed by atoms with Gasteiger partial charge in [-0.15, -0.1) is 0 Å². The number of carbonyl (C=O) groups excluding carboxylic acids is 1. The van der Waals surface area contributed by atoms with Gasteiger partial charge >= 0.3 is 6.03 Å². The molecule has 4 nitrogen and oxygen atoms in total. The smallest absolute Gasteiger partial charge is 0.319 e. The van der Waals surface area contributed by atoms with E-state index in [0.717, 1.165) is 31.2 Å². The van der Waals surface area contributed by atoms with Gasteiger partial charge in [0.2, 0.25) is 0 Å². The van der Waals surface area contributed by atoms with Crippen LogP contribution in [0.3, 0.4) is 0 Å².